The van der Waals surface area contributed by atoms with Crippen LogP contribution in [0.15, 0.2) is 48.8 Å². The fourth-order valence-electron chi connectivity index (χ4n) is 3.60. The molecule has 1 aliphatic carbocycles. The summed E-state index contributed by atoms with van der Waals surface area (Å²) < 4.78 is 0. The third kappa shape index (κ3) is 4.45. The van der Waals surface area contributed by atoms with Gasteiger partial charge in [0.05, 0.1) is 12.5 Å². The Balaban J connectivity index is 1.71. The minimum atomic E-state index is 0.126. The second kappa shape index (κ2) is 8.43. The summed E-state index contributed by atoms with van der Waals surface area (Å²) in [5, 5.41) is 8.91. The van der Waals surface area contributed by atoms with Gasteiger partial charge in [0.25, 0.3) is 0 Å². The van der Waals surface area contributed by atoms with Gasteiger partial charge in [-0.15, -0.1) is 0 Å². The summed E-state index contributed by atoms with van der Waals surface area (Å²) in [7, 11) is 0. The van der Waals surface area contributed by atoms with Gasteiger partial charge in [0.2, 0.25) is 5.91 Å². The second-order valence-corrected chi connectivity index (χ2v) is 6.58. The molecule has 1 aromatic heterocycles. The Morgan fingerprint density at radius 1 is 1.28 bits per heavy atom. The molecule has 1 heterocycles. The minimum Gasteiger partial charge on any atom is -0.337 e. The van der Waals surface area contributed by atoms with Gasteiger partial charge < -0.3 is 4.90 Å². The standard InChI is InChI=1S/C21H23N3O/c22-11-5-13-24(16-17-6-4-12-23-15-17)21(25)14-19-9-3-8-18-7-1-2-10-20(18)19/h1-2,4,6-7,10,12,15,19H,3,5,8-9,13-14,16H2/t19-/m1/s1. The van der Waals surface area contributed by atoms with E-state index in [1.807, 2.05) is 12.1 Å². The molecular formula is C21H23N3O. The SMILES string of the molecule is N#CCCN(Cc1cccnc1)C(=O)C[C@H]1CCCc2ccccc21. The van der Waals surface area contributed by atoms with Crippen molar-refractivity contribution in [2.45, 2.75) is 44.6 Å². The molecule has 0 fully saturated rings. The monoisotopic (exact) mass is 333 g/mol. The van der Waals surface area contributed by atoms with Gasteiger partial charge in [-0.1, -0.05) is 30.3 Å². The maximum atomic E-state index is 12.9. The van der Waals surface area contributed by atoms with Crippen LogP contribution in [0.3, 0.4) is 0 Å². The Morgan fingerprint density at radius 2 is 2.16 bits per heavy atom. The summed E-state index contributed by atoms with van der Waals surface area (Å²) in [5.41, 5.74) is 3.70. The highest BCUT2D eigenvalue weighted by Crippen LogP contribution is 2.34. The lowest BCUT2D eigenvalue weighted by Crippen LogP contribution is -2.33. The van der Waals surface area contributed by atoms with Gasteiger partial charge in [-0.2, -0.15) is 5.26 Å². The van der Waals surface area contributed by atoms with E-state index in [1.54, 1.807) is 17.3 Å². The number of nitrogens with zero attached hydrogens (tertiary/aromatic N) is 3. The van der Waals surface area contributed by atoms with Crippen molar-refractivity contribution < 1.29 is 4.79 Å². The van der Waals surface area contributed by atoms with Gasteiger partial charge in [-0.3, -0.25) is 9.78 Å². The third-order valence-corrected chi connectivity index (χ3v) is 4.86. The van der Waals surface area contributed by atoms with Gasteiger partial charge in [-0.05, 0) is 47.9 Å². The molecule has 4 heteroatoms. The maximum Gasteiger partial charge on any atom is 0.223 e. The van der Waals surface area contributed by atoms with Crippen molar-refractivity contribution in [1.29, 1.82) is 5.26 Å². The predicted octanol–water partition coefficient (Wildman–Crippen LogP) is 3.83. The molecule has 25 heavy (non-hydrogen) atoms. The highest BCUT2D eigenvalue weighted by Gasteiger charge is 2.24. The van der Waals surface area contributed by atoms with E-state index < -0.39 is 0 Å². The molecule has 0 bridgehead atoms. The van der Waals surface area contributed by atoms with Gasteiger partial charge >= 0.3 is 0 Å². The van der Waals surface area contributed by atoms with Crippen LogP contribution in [-0.4, -0.2) is 22.3 Å². The van der Waals surface area contributed by atoms with E-state index in [4.69, 9.17) is 5.26 Å². The number of fused-ring (bicyclic) bond motifs is 1. The van der Waals surface area contributed by atoms with E-state index in [2.05, 4.69) is 35.3 Å². The van der Waals surface area contributed by atoms with E-state index in [-0.39, 0.29) is 11.8 Å². The molecule has 0 unspecified atom stereocenters. The van der Waals surface area contributed by atoms with Crippen LogP contribution in [0.25, 0.3) is 0 Å². The highest BCUT2D eigenvalue weighted by atomic mass is 16.2. The van der Waals surface area contributed by atoms with Crippen molar-refractivity contribution >= 4 is 5.91 Å². The Bertz CT molecular complexity index is 751. The van der Waals surface area contributed by atoms with Gasteiger partial charge in [0, 0.05) is 31.9 Å². The van der Waals surface area contributed by atoms with Crippen LogP contribution in [0.5, 0.6) is 0 Å². The Labute approximate surface area is 149 Å². The summed E-state index contributed by atoms with van der Waals surface area (Å²) in [4.78, 5) is 18.9. The molecule has 0 spiro atoms. The van der Waals surface area contributed by atoms with Crippen LogP contribution in [-0.2, 0) is 17.8 Å². The molecule has 0 N–H and O–H groups in total. The number of nitriles is 1. The Hall–Kier alpha value is -2.67. The van der Waals surface area contributed by atoms with Crippen LogP contribution in [0.2, 0.25) is 0 Å². The minimum absolute atomic E-state index is 0.126. The summed E-state index contributed by atoms with van der Waals surface area (Å²) in [6.45, 7) is 0.987. The molecule has 128 valence electrons. The fraction of sp³-hybridized carbons (Fsp3) is 0.381. The van der Waals surface area contributed by atoms with Crippen molar-refractivity contribution in [3.05, 3.63) is 65.5 Å². The van der Waals surface area contributed by atoms with Crippen molar-refractivity contribution in [2.24, 2.45) is 0 Å². The molecule has 1 aromatic carbocycles. The summed E-state index contributed by atoms with van der Waals surface area (Å²) in [5.74, 6) is 0.414. The first-order chi connectivity index (χ1) is 12.3. The molecule has 4 nitrogen and oxygen atoms in total. The molecule has 1 atom stereocenters. The number of amides is 1. The summed E-state index contributed by atoms with van der Waals surface area (Å²) >= 11 is 0. The number of pyridine rings is 1. The number of hydrogen-bond acceptors (Lipinski definition) is 3. The number of aryl methyl sites for hydroxylation is 1. The smallest absolute Gasteiger partial charge is 0.223 e. The fourth-order valence-corrected chi connectivity index (χ4v) is 3.60. The molecular weight excluding hydrogens is 310 g/mol. The average Bonchev–Trinajstić information content (AvgIpc) is 2.66. The number of hydrogen-bond donors (Lipinski definition) is 0. The number of aromatic nitrogens is 1. The lowest BCUT2D eigenvalue weighted by Gasteiger charge is -2.28. The number of rotatable bonds is 6. The van der Waals surface area contributed by atoms with Crippen LogP contribution in [0.1, 0.15) is 48.3 Å². The van der Waals surface area contributed by atoms with Crippen LogP contribution < -0.4 is 0 Å². The van der Waals surface area contributed by atoms with Gasteiger partial charge in [-0.25, -0.2) is 0 Å². The molecule has 2 aromatic rings. The molecule has 0 saturated carbocycles. The average molecular weight is 333 g/mol. The predicted molar refractivity (Wildman–Crippen MR) is 96.6 cm³/mol. The van der Waals surface area contributed by atoms with Crippen LogP contribution in [0.4, 0.5) is 0 Å². The van der Waals surface area contributed by atoms with E-state index in [0.29, 0.717) is 25.9 Å². The second-order valence-electron chi connectivity index (χ2n) is 6.58. The first kappa shape index (κ1) is 17.2. The third-order valence-electron chi connectivity index (χ3n) is 4.86. The summed E-state index contributed by atoms with van der Waals surface area (Å²) in [6.07, 6.45) is 7.68. The number of carbonyl (C=O) groups is 1. The zero-order chi connectivity index (χ0) is 17.5. The van der Waals surface area contributed by atoms with Crippen LogP contribution in [0, 0.1) is 11.3 Å². The lowest BCUT2D eigenvalue weighted by molar-refractivity contribution is -0.132. The zero-order valence-electron chi connectivity index (χ0n) is 14.4. The Kier molecular flexibility index (Phi) is 5.79. The highest BCUT2D eigenvalue weighted by molar-refractivity contribution is 5.77. The molecule has 0 aliphatic heterocycles. The lowest BCUT2D eigenvalue weighted by atomic mass is 9.81. The molecule has 3 rings (SSSR count). The molecule has 0 saturated heterocycles. The van der Waals surface area contributed by atoms with Gasteiger partial charge in [0.15, 0.2) is 0 Å². The first-order valence-corrected chi connectivity index (χ1v) is 8.89. The molecule has 1 amide bonds. The number of carbonyl (C=O) groups excluding carboxylic acids is 1. The van der Waals surface area contributed by atoms with E-state index in [0.717, 1.165) is 24.8 Å². The largest absolute Gasteiger partial charge is 0.337 e. The van der Waals surface area contributed by atoms with Crippen molar-refractivity contribution in [3.8, 4) is 6.07 Å². The maximum absolute atomic E-state index is 12.9. The zero-order valence-corrected chi connectivity index (χ0v) is 14.4. The number of benzene rings is 1. The quantitative estimate of drug-likeness (QED) is 0.807. The van der Waals surface area contributed by atoms with E-state index in [1.165, 1.54) is 11.1 Å². The molecule has 1 aliphatic rings. The normalized spacial score (nSPS) is 15.9. The summed E-state index contributed by atoms with van der Waals surface area (Å²) in [6, 6.07) is 14.5. The first-order valence-electron chi connectivity index (χ1n) is 8.89. The Morgan fingerprint density at radius 3 is 2.96 bits per heavy atom. The van der Waals surface area contributed by atoms with E-state index >= 15 is 0 Å². The molecule has 0 radical (unpaired) electrons. The van der Waals surface area contributed by atoms with Crippen molar-refractivity contribution in [2.75, 3.05) is 6.54 Å². The van der Waals surface area contributed by atoms with Crippen LogP contribution >= 0.6 is 0 Å². The van der Waals surface area contributed by atoms with Crippen molar-refractivity contribution in [1.82, 2.24) is 9.88 Å². The van der Waals surface area contributed by atoms with E-state index in [9.17, 15) is 4.79 Å². The topological polar surface area (TPSA) is 57.0 Å². The van der Waals surface area contributed by atoms with Crippen molar-refractivity contribution in [3.63, 3.8) is 0 Å². The van der Waals surface area contributed by atoms with Gasteiger partial charge in [0.1, 0.15) is 0 Å².